The van der Waals surface area contributed by atoms with Gasteiger partial charge in [0, 0.05) is 50.5 Å². The Morgan fingerprint density at radius 3 is 2.62 bits per heavy atom. The number of nitrogens with zero attached hydrogens (tertiary/aromatic N) is 2. The molecule has 0 radical (unpaired) electrons. The highest BCUT2D eigenvalue weighted by Gasteiger charge is 2.15. The van der Waals surface area contributed by atoms with Crippen LogP contribution in [-0.2, 0) is 6.54 Å². The molecule has 1 heterocycles. The van der Waals surface area contributed by atoms with Gasteiger partial charge in [-0.25, -0.2) is 0 Å². The number of piperazine rings is 1. The first-order chi connectivity index (χ1) is 10.1. The second-order valence-electron chi connectivity index (χ2n) is 5.75. The van der Waals surface area contributed by atoms with Gasteiger partial charge in [0.2, 0.25) is 0 Å². The number of anilines is 1. The van der Waals surface area contributed by atoms with E-state index in [2.05, 4.69) is 22.2 Å². The summed E-state index contributed by atoms with van der Waals surface area (Å²) in [5.41, 5.74) is 8.57. The molecule has 116 valence electrons. The lowest BCUT2D eigenvalue weighted by Gasteiger charge is -2.32. The van der Waals surface area contributed by atoms with E-state index in [1.165, 1.54) is 0 Å². The van der Waals surface area contributed by atoms with E-state index in [1.807, 2.05) is 19.1 Å². The molecule has 1 aromatic carbocycles. The number of likely N-dealkylation sites (N-methyl/N-ethyl adjacent to an activating group) is 1. The monoisotopic (exact) mass is 290 g/mol. The molecule has 5 heteroatoms. The minimum atomic E-state index is -0.0466. The predicted octanol–water partition coefficient (Wildman–Crippen LogP) is 1.16. The summed E-state index contributed by atoms with van der Waals surface area (Å²) in [5, 5.41) is 2.87. The number of benzene rings is 1. The molecule has 1 aliphatic rings. The van der Waals surface area contributed by atoms with Crippen LogP contribution in [0.25, 0.3) is 0 Å². The highest BCUT2D eigenvalue weighted by atomic mass is 16.1. The van der Waals surface area contributed by atoms with E-state index in [4.69, 9.17) is 5.73 Å². The summed E-state index contributed by atoms with van der Waals surface area (Å²) in [6, 6.07) is 5.64. The summed E-state index contributed by atoms with van der Waals surface area (Å²) < 4.78 is 0. The first-order valence-corrected chi connectivity index (χ1v) is 7.67. The fourth-order valence-electron chi connectivity index (χ4n) is 2.47. The van der Waals surface area contributed by atoms with Gasteiger partial charge in [0.25, 0.3) is 5.91 Å². The molecule has 21 heavy (non-hydrogen) atoms. The number of carbonyl (C=O) groups excluding carboxylic acids is 1. The van der Waals surface area contributed by atoms with Gasteiger partial charge in [-0.3, -0.25) is 9.69 Å². The highest BCUT2D eigenvalue weighted by molar-refractivity contribution is 5.95. The van der Waals surface area contributed by atoms with Gasteiger partial charge in [0.1, 0.15) is 0 Å². The van der Waals surface area contributed by atoms with Crippen molar-refractivity contribution in [2.45, 2.75) is 19.9 Å². The molecule has 0 aliphatic carbocycles. The van der Waals surface area contributed by atoms with E-state index in [0.717, 1.165) is 44.7 Å². The zero-order chi connectivity index (χ0) is 15.2. The lowest BCUT2D eigenvalue weighted by molar-refractivity contribution is 0.0953. The van der Waals surface area contributed by atoms with Crippen molar-refractivity contribution in [1.29, 1.82) is 0 Å². The molecule has 0 saturated carbocycles. The first-order valence-electron chi connectivity index (χ1n) is 7.67. The maximum atomic E-state index is 11.9. The average Bonchev–Trinajstić information content (AvgIpc) is 2.49. The fourth-order valence-corrected chi connectivity index (χ4v) is 2.47. The largest absolute Gasteiger partial charge is 0.398 e. The van der Waals surface area contributed by atoms with Gasteiger partial charge in [-0.05, 0) is 31.2 Å². The lowest BCUT2D eigenvalue weighted by Crippen LogP contribution is -2.43. The minimum absolute atomic E-state index is 0.0466. The van der Waals surface area contributed by atoms with Crippen LogP contribution < -0.4 is 11.1 Å². The van der Waals surface area contributed by atoms with Crippen molar-refractivity contribution < 1.29 is 4.79 Å². The van der Waals surface area contributed by atoms with Crippen LogP contribution in [0.2, 0.25) is 0 Å². The molecule has 1 saturated heterocycles. The van der Waals surface area contributed by atoms with Crippen molar-refractivity contribution in [2.24, 2.45) is 0 Å². The topological polar surface area (TPSA) is 61.6 Å². The van der Waals surface area contributed by atoms with Crippen molar-refractivity contribution in [2.75, 3.05) is 45.5 Å². The molecule has 1 fully saturated rings. The molecule has 1 aliphatic heterocycles. The van der Waals surface area contributed by atoms with E-state index in [-0.39, 0.29) is 5.91 Å². The van der Waals surface area contributed by atoms with Gasteiger partial charge in [0.05, 0.1) is 0 Å². The Balaban J connectivity index is 1.97. The average molecular weight is 290 g/mol. The van der Waals surface area contributed by atoms with Crippen molar-refractivity contribution in [3.8, 4) is 0 Å². The summed E-state index contributed by atoms with van der Waals surface area (Å²) in [5.74, 6) is -0.0466. The van der Waals surface area contributed by atoms with Crippen LogP contribution >= 0.6 is 0 Å². The number of hydrogen-bond donors (Lipinski definition) is 2. The van der Waals surface area contributed by atoms with Crippen LogP contribution in [0.5, 0.6) is 0 Å². The fraction of sp³-hybridized carbons (Fsp3) is 0.562. The maximum Gasteiger partial charge on any atom is 0.251 e. The Morgan fingerprint density at radius 2 is 2.00 bits per heavy atom. The number of amides is 1. The van der Waals surface area contributed by atoms with Crippen molar-refractivity contribution in [1.82, 2.24) is 15.1 Å². The van der Waals surface area contributed by atoms with E-state index < -0.39 is 0 Å². The van der Waals surface area contributed by atoms with Crippen LogP contribution in [0.15, 0.2) is 18.2 Å². The Hall–Kier alpha value is -1.59. The standard InChI is InChI=1S/C16H26N4O/c1-3-6-18-16(21)13-4-5-14(15(17)11-13)12-20-9-7-19(2)8-10-20/h4-5,11H,3,6-10,12,17H2,1-2H3,(H,18,21). The molecule has 2 rings (SSSR count). The van der Waals surface area contributed by atoms with Gasteiger partial charge in [-0.2, -0.15) is 0 Å². The summed E-state index contributed by atoms with van der Waals surface area (Å²) in [4.78, 5) is 16.7. The molecule has 3 N–H and O–H groups in total. The van der Waals surface area contributed by atoms with Crippen LogP contribution in [0.4, 0.5) is 5.69 Å². The van der Waals surface area contributed by atoms with Gasteiger partial charge < -0.3 is 16.0 Å². The molecule has 1 amide bonds. The summed E-state index contributed by atoms with van der Waals surface area (Å²) in [6.45, 7) is 7.91. The van der Waals surface area contributed by atoms with Crippen LogP contribution in [0.1, 0.15) is 29.3 Å². The smallest absolute Gasteiger partial charge is 0.251 e. The molecule has 0 spiro atoms. The summed E-state index contributed by atoms with van der Waals surface area (Å²) in [6.07, 6.45) is 0.933. The molecular weight excluding hydrogens is 264 g/mol. The first kappa shape index (κ1) is 15.8. The van der Waals surface area contributed by atoms with Gasteiger partial charge >= 0.3 is 0 Å². The maximum absolute atomic E-state index is 11.9. The number of nitrogens with one attached hydrogen (secondary N) is 1. The quantitative estimate of drug-likeness (QED) is 0.799. The second kappa shape index (κ2) is 7.43. The Kier molecular flexibility index (Phi) is 5.59. The van der Waals surface area contributed by atoms with Crippen LogP contribution in [0, 0.1) is 0 Å². The third kappa shape index (κ3) is 4.44. The third-order valence-corrected chi connectivity index (χ3v) is 3.93. The number of carbonyl (C=O) groups is 1. The van der Waals surface area contributed by atoms with E-state index in [1.54, 1.807) is 6.07 Å². The number of hydrogen-bond acceptors (Lipinski definition) is 4. The zero-order valence-corrected chi connectivity index (χ0v) is 13.1. The summed E-state index contributed by atoms with van der Waals surface area (Å²) >= 11 is 0. The Bertz CT molecular complexity index is 481. The Labute approximate surface area is 127 Å². The normalized spacial score (nSPS) is 16.9. The van der Waals surface area contributed by atoms with Gasteiger partial charge in [-0.1, -0.05) is 13.0 Å². The molecule has 0 unspecified atom stereocenters. The Morgan fingerprint density at radius 1 is 1.29 bits per heavy atom. The molecule has 1 aromatic rings. The molecule has 0 bridgehead atoms. The van der Waals surface area contributed by atoms with Crippen molar-refractivity contribution in [3.63, 3.8) is 0 Å². The van der Waals surface area contributed by atoms with E-state index in [9.17, 15) is 4.79 Å². The lowest BCUT2D eigenvalue weighted by atomic mass is 10.1. The molecule has 5 nitrogen and oxygen atoms in total. The van der Waals surface area contributed by atoms with Crippen LogP contribution in [0.3, 0.4) is 0 Å². The SMILES string of the molecule is CCCNC(=O)c1ccc(CN2CCN(C)CC2)c(N)c1. The van der Waals surface area contributed by atoms with Crippen LogP contribution in [-0.4, -0.2) is 55.5 Å². The number of nitrogens with two attached hydrogens (primary N) is 1. The minimum Gasteiger partial charge on any atom is -0.398 e. The van der Waals surface area contributed by atoms with Gasteiger partial charge in [-0.15, -0.1) is 0 Å². The molecular formula is C16H26N4O. The van der Waals surface area contributed by atoms with Crippen molar-refractivity contribution >= 4 is 11.6 Å². The highest BCUT2D eigenvalue weighted by Crippen LogP contribution is 2.17. The predicted molar refractivity (Wildman–Crippen MR) is 86.3 cm³/mol. The number of nitrogen functional groups attached to an aromatic ring is 1. The molecule has 0 aromatic heterocycles. The van der Waals surface area contributed by atoms with Gasteiger partial charge in [0.15, 0.2) is 0 Å². The number of rotatable bonds is 5. The van der Waals surface area contributed by atoms with E-state index in [0.29, 0.717) is 17.8 Å². The van der Waals surface area contributed by atoms with Crippen molar-refractivity contribution in [3.05, 3.63) is 29.3 Å². The summed E-state index contributed by atoms with van der Waals surface area (Å²) in [7, 11) is 2.15. The zero-order valence-electron chi connectivity index (χ0n) is 13.1. The second-order valence-corrected chi connectivity index (χ2v) is 5.75. The molecule has 0 atom stereocenters. The third-order valence-electron chi connectivity index (χ3n) is 3.93. The van der Waals surface area contributed by atoms with E-state index >= 15 is 0 Å².